The second kappa shape index (κ2) is 7.05. The zero-order chi connectivity index (χ0) is 20.8. The van der Waals surface area contributed by atoms with Crippen molar-refractivity contribution in [3.05, 3.63) is 10.6 Å². The minimum Gasteiger partial charge on any atom is -0.477 e. The van der Waals surface area contributed by atoms with Crippen LogP contribution in [-0.2, 0) is 21.4 Å². The molecule has 0 bridgehead atoms. The highest BCUT2D eigenvalue weighted by Gasteiger charge is 2.61. The molecular weight excluding hydrogens is 409 g/mol. The quantitative estimate of drug-likeness (QED) is 0.541. The largest absolute Gasteiger partial charge is 0.490 e. The third-order valence-corrected chi connectivity index (χ3v) is 5.66. The Balaban J connectivity index is 0.000000279. The zero-order valence-electron chi connectivity index (χ0n) is 14.0. The van der Waals surface area contributed by atoms with Gasteiger partial charge in [-0.25, -0.2) is 14.3 Å². The SMILES string of the molecule is Cn1nnnc1SC1=C(C(=O)O)N2C(=O)[C@H]3NCCC1[C@H]32.O=C(O)C(F)(F)F. The summed E-state index contributed by atoms with van der Waals surface area (Å²) in [6, 6.07) is -0.338. The molecule has 1 unspecified atom stereocenters. The van der Waals surface area contributed by atoms with E-state index in [1.807, 2.05) is 0 Å². The van der Waals surface area contributed by atoms with E-state index in [2.05, 4.69) is 20.8 Å². The maximum absolute atomic E-state index is 12.1. The van der Waals surface area contributed by atoms with Crippen molar-refractivity contribution in [3.8, 4) is 0 Å². The Morgan fingerprint density at radius 3 is 2.46 bits per heavy atom. The molecule has 1 amide bonds. The summed E-state index contributed by atoms with van der Waals surface area (Å²) in [4.78, 5) is 34.7. The lowest BCUT2D eigenvalue weighted by Crippen LogP contribution is -2.71. The van der Waals surface area contributed by atoms with Crippen molar-refractivity contribution in [3.63, 3.8) is 0 Å². The molecule has 15 heteroatoms. The molecule has 2 saturated heterocycles. The van der Waals surface area contributed by atoms with Crippen LogP contribution in [-0.4, -0.2) is 78.0 Å². The monoisotopic (exact) mass is 422 g/mol. The number of alkyl halides is 3. The lowest BCUT2D eigenvalue weighted by molar-refractivity contribution is -0.192. The van der Waals surface area contributed by atoms with Gasteiger partial charge in [0.1, 0.15) is 11.7 Å². The number of carbonyl (C=O) groups is 3. The van der Waals surface area contributed by atoms with E-state index in [9.17, 15) is 27.9 Å². The Labute approximate surface area is 158 Å². The average Bonchev–Trinajstić information content (AvgIpc) is 3.15. The third-order valence-electron chi connectivity index (χ3n) is 4.41. The van der Waals surface area contributed by atoms with Crippen LogP contribution in [0.2, 0.25) is 0 Å². The number of carboxylic acids is 2. The number of hydrogen-bond donors (Lipinski definition) is 3. The summed E-state index contributed by atoms with van der Waals surface area (Å²) in [5.41, 5.74) is 0.0861. The second-order valence-corrected chi connectivity index (χ2v) is 7.04. The third kappa shape index (κ3) is 3.30. The molecule has 3 aliphatic heterocycles. The molecule has 28 heavy (non-hydrogen) atoms. The summed E-state index contributed by atoms with van der Waals surface area (Å²) in [5, 5.41) is 31.5. The van der Waals surface area contributed by atoms with Gasteiger partial charge >= 0.3 is 18.1 Å². The number of aryl methyl sites for hydroxylation is 1. The molecule has 2 fully saturated rings. The van der Waals surface area contributed by atoms with Crippen molar-refractivity contribution in [1.82, 2.24) is 30.4 Å². The molecule has 4 heterocycles. The molecule has 0 spiro atoms. The van der Waals surface area contributed by atoms with E-state index in [1.165, 1.54) is 21.3 Å². The summed E-state index contributed by atoms with van der Waals surface area (Å²) < 4.78 is 33.2. The fraction of sp³-hybridized carbons (Fsp3) is 0.538. The van der Waals surface area contributed by atoms with Crippen LogP contribution in [0.4, 0.5) is 13.2 Å². The highest BCUT2D eigenvalue weighted by Crippen LogP contribution is 2.51. The Hall–Kier alpha value is -2.68. The smallest absolute Gasteiger partial charge is 0.477 e. The first-order chi connectivity index (χ1) is 13.0. The van der Waals surface area contributed by atoms with Crippen molar-refractivity contribution < 1.29 is 37.8 Å². The molecule has 0 radical (unpaired) electrons. The van der Waals surface area contributed by atoms with Crippen LogP contribution in [0.3, 0.4) is 0 Å². The highest BCUT2D eigenvalue weighted by atomic mass is 32.2. The molecule has 0 saturated carbocycles. The number of rotatable bonds is 3. The number of carboxylic acid groups (broad SMARTS) is 2. The highest BCUT2D eigenvalue weighted by molar-refractivity contribution is 8.03. The van der Waals surface area contributed by atoms with Crippen molar-refractivity contribution in [2.75, 3.05) is 6.54 Å². The predicted octanol–water partition coefficient (Wildman–Crippen LogP) is -0.566. The minimum atomic E-state index is -5.08. The first-order valence-corrected chi connectivity index (χ1v) is 8.60. The fourth-order valence-electron chi connectivity index (χ4n) is 3.27. The maximum atomic E-state index is 12.1. The van der Waals surface area contributed by atoms with Gasteiger partial charge in [0.25, 0.3) is 0 Å². The molecule has 3 N–H and O–H groups in total. The van der Waals surface area contributed by atoms with Gasteiger partial charge in [0.05, 0.1) is 6.04 Å². The molecule has 3 atom stereocenters. The van der Waals surface area contributed by atoms with E-state index in [0.717, 1.165) is 6.42 Å². The topological polar surface area (TPSA) is 151 Å². The van der Waals surface area contributed by atoms with Crippen LogP contribution in [0.5, 0.6) is 0 Å². The number of nitrogens with zero attached hydrogens (tertiary/aromatic N) is 5. The van der Waals surface area contributed by atoms with Crippen molar-refractivity contribution in [1.29, 1.82) is 0 Å². The fourth-order valence-corrected chi connectivity index (χ4v) is 4.41. The molecule has 4 rings (SSSR count). The molecule has 152 valence electrons. The standard InChI is InChI=1S/C11H12N6O3S.C2HF3O2/c1-16-11(13-14-15-16)21-8-4-2-3-12-5-6(4)17(9(5)18)7(8)10(19)20;3-2(4,5)1(6)7/h4-6,12H,2-3H2,1H3,(H,19,20);(H,6,7)/t4?,5-,6+;/m0./s1. The van der Waals surface area contributed by atoms with Gasteiger partial charge in [-0.3, -0.25) is 9.69 Å². The average molecular weight is 422 g/mol. The van der Waals surface area contributed by atoms with E-state index in [4.69, 9.17) is 9.90 Å². The van der Waals surface area contributed by atoms with Crippen molar-refractivity contribution >= 4 is 29.6 Å². The molecule has 11 nitrogen and oxygen atoms in total. The first-order valence-electron chi connectivity index (χ1n) is 7.78. The van der Waals surface area contributed by atoms with E-state index in [1.54, 1.807) is 7.05 Å². The van der Waals surface area contributed by atoms with Crippen molar-refractivity contribution in [2.45, 2.75) is 29.8 Å². The number of nitrogens with one attached hydrogen (secondary N) is 1. The predicted molar refractivity (Wildman–Crippen MR) is 83.5 cm³/mol. The zero-order valence-corrected chi connectivity index (χ0v) is 14.9. The molecule has 1 aromatic rings. The Morgan fingerprint density at radius 2 is 1.96 bits per heavy atom. The van der Waals surface area contributed by atoms with E-state index < -0.39 is 18.1 Å². The van der Waals surface area contributed by atoms with Gasteiger partial charge in [0.2, 0.25) is 11.1 Å². The van der Waals surface area contributed by atoms with E-state index >= 15 is 0 Å². The van der Waals surface area contributed by atoms with Gasteiger partial charge in [-0.05, 0) is 35.2 Å². The minimum absolute atomic E-state index is 0.0433. The van der Waals surface area contributed by atoms with Gasteiger partial charge in [0, 0.05) is 17.9 Å². The van der Waals surface area contributed by atoms with Crippen LogP contribution >= 0.6 is 11.8 Å². The summed E-state index contributed by atoms with van der Waals surface area (Å²) in [7, 11) is 1.70. The number of halogens is 3. The normalized spacial score (nSPS) is 25.6. The number of thioether (sulfide) groups is 1. The Kier molecular flexibility index (Phi) is 5.05. The number of aromatic nitrogens is 4. The molecule has 1 aromatic heterocycles. The lowest BCUT2D eigenvalue weighted by Gasteiger charge is -2.48. The number of amides is 1. The number of β-lactam (4-membered cyclic amide) rings is 1. The van der Waals surface area contributed by atoms with Crippen LogP contribution in [0, 0.1) is 5.92 Å². The van der Waals surface area contributed by atoms with Gasteiger partial charge in [-0.2, -0.15) is 13.2 Å². The lowest BCUT2D eigenvalue weighted by atomic mass is 9.82. The summed E-state index contributed by atoms with van der Waals surface area (Å²) >= 11 is 1.24. The number of carbonyl (C=O) groups excluding carboxylic acids is 1. The van der Waals surface area contributed by atoms with Gasteiger partial charge < -0.3 is 15.5 Å². The number of piperidine rings is 1. The first kappa shape index (κ1) is 20.1. The van der Waals surface area contributed by atoms with Gasteiger partial charge in [-0.15, -0.1) is 5.10 Å². The van der Waals surface area contributed by atoms with Gasteiger partial charge in [-0.1, -0.05) is 0 Å². The van der Waals surface area contributed by atoms with E-state index in [0.29, 0.717) is 16.6 Å². The van der Waals surface area contributed by atoms with Crippen LogP contribution in [0.25, 0.3) is 0 Å². The maximum Gasteiger partial charge on any atom is 0.490 e. The number of aliphatic carboxylic acids is 2. The molecule has 3 aliphatic rings. The van der Waals surface area contributed by atoms with Crippen LogP contribution in [0.15, 0.2) is 15.8 Å². The second-order valence-electron chi connectivity index (χ2n) is 6.03. The number of hydrogen-bond acceptors (Lipinski definition) is 8. The van der Waals surface area contributed by atoms with Crippen LogP contribution in [0.1, 0.15) is 6.42 Å². The summed E-state index contributed by atoms with van der Waals surface area (Å²) in [5.74, 6) is -3.95. The van der Waals surface area contributed by atoms with E-state index in [-0.39, 0.29) is 29.6 Å². The summed E-state index contributed by atoms with van der Waals surface area (Å²) in [6.45, 7) is 0.708. The Bertz CT molecular complexity index is 871. The molecular formula is C13H13F3N6O5S. The van der Waals surface area contributed by atoms with Crippen LogP contribution < -0.4 is 5.32 Å². The van der Waals surface area contributed by atoms with Crippen molar-refractivity contribution in [2.24, 2.45) is 13.0 Å². The summed E-state index contributed by atoms with van der Waals surface area (Å²) in [6.07, 6.45) is -4.28. The molecule has 0 aliphatic carbocycles. The molecule has 0 aromatic carbocycles. The number of tetrazole rings is 1. The van der Waals surface area contributed by atoms with Gasteiger partial charge in [0.15, 0.2) is 0 Å². The Morgan fingerprint density at radius 1 is 1.32 bits per heavy atom.